The lowest BCUT2D eigenvalue weighted by molar-refractivity contribution is -0.386. The zero-order chi connectivity index (χ0) is 37.7. The van der Waals surface area contributed by atoms with Gasteiger partial charge in [-0.15, -0.1) is 0 Å². The van der Waals surface area contributed by atoms with Gasteiger partial charge in [0.2, 0.25) is 0 Å². The first-order valence-electron chi connectivity index (χ1n) is 20.3. The van der Waals surface area contributed by atoms with Crippen LogP contribution < -0.4 is 9.47 Å². The molecule has 0 bridgehead atoms. The Morgan fingerprint density at radius 1 is 0.654 bits per heavy atom. The van der Waals surface area contributed by atoms with Crippen LogP contribution in [-0.4, -0.2) is 28.7 Å². The molecule has 7 heteroatoms. The minimum absolute atomic E-state index is 0.0248. The van der Waals surface area contributed by atoms with Gasteiger partial charge in [-0.3, -0.25) is 10.1 Å². The van der Waals surface area contributed by atoms with Crippen LogP contribution in [0.2, 0.25) is 0 Å². The summed E-state index contributed by atoms with van der Waals surface area (Å²) in [6.07, 6.45) is 27.5. The minimum Gasteiger partial charge on any atom is -0.494 e. The van der Waals surface area contributed by atoms with Crippen molar-refractivity contribution in [2.45, 2.75) is 162 Å². The third-order valence-corrected chi connectivity index (χ3v) is 9.42. The molecule has 1 N–H and O–H groups in total. The lowest BCUT2D eigenvalue weighted by atomic mass is 10.0. The molecule has 3 rings (SSSR count). The molecule has 0 aliphatic heterocycles. The highest BCUT2D eigenvalue weighted by Crippen LogP contribution is 2.33. The fourth-order valence-corrected chi connectivity index (χ4v) is 6.24. The number of nitro benzene ring substituents is 1. The first-order valence-corrected chi connectivity index (χ1v) is 20.3. The molecule has 1 atom stereocenters. The summed E-state index contributed by atoms with van der Waals surface area (Å²) in [6.45, 7) is 7.14. The molecular weight excluding hydrogens is 650 g/mol. The zero-order valence-electron chi connectivity index (χ0n) is 32.5. The lowest BCUT2D eigenvalue weighted by Crippen LogP contribution is -2.12. The first-order chi connectivity index (χ1) is 25.3. The van der Waals surface area contributed by atoms with Gasteiger partial charge >= 0.3 is 11.7 Å². The van der Waals surface area contributed by atoms with Gasteiger partial charge in [0, 0.05) is 6.07 Å². The van der Waals surface area contributed by atoms with Crippen molar-refractivity contribution < 1.29 is 24.3 Å². The maximum Gasteiger partial charge on any atom is 0.335 e. The number of nitro groups is 1. The molecule has 288 valence electrons. The summed E-state index contributed by atoms with van der Waals surface area (Å²) in [6, 6.07) is 21.5. The topological polar surface area (TPSA) is 98.9 Å². The summed E-state index contributed by atoms with van der Waals surface area (Å²) in [4.78, 5) is 21.8. The molecule has 0 amide bonds. The number of carbonyl (C=O) groups is 1. The van der Waals surface area contributed by atoms with Gasteiger partial charge < -0.3 is 14.6 Å². The summed E-state index contributed by atoms with van der Waals surface area (Å²) in [5, 5.41) is 20.3. The second-order valence-corrected chi connectivity index (χ2v) is 14.1. The number of hydrogen-bond donors (Lipinski definition) is 1. The van der Waals surface area contributed by atoms with E-state index < -0.39 is 5.97 Å². The van der Waals surface area contributed by atoms with Crippen molar-refractivity contribution in [3.63, 3.8) is 0 Å². The van der Waals surface area contributed by atoms with Crippen molar-refractivity contribution in [3.05, 3.63) is 88.5 Å². The molecule has 3 aromatic rings. The Hall–Kier alpha value is -3.87. The van der Waals surface area contributed by atoms with Crippen molar-refractivity contribution in [1.82, 2.24) is 0 Å². The van der Waals surface area contributed by atoms with E-state index in [0.29, 0.717) is 17.9 Å². The highest BCUT2D eigenvalue weighted by atomic mass is 16.6. The predicted molar refractivity (Wildman–Crippen MR) is 216 cm³/mol. The van der Waals surface area contributed by atoms with Gasteiger partial charge in [0.15, 0.2) is 5.75 Å². The van der Waals surface area contributed by atoms with Gasteiger partial charge in [-0.05, 0) is 67.6 Å². The summed E-state index contributed by atoms with van der Waals surface area (Å²) >= 11 is 0. The van der Waals surface area contributed by atoms with E-state index in [1.165, 1.54) is 116 Å². The Morgan fingerprint density at radius 3 is 1.65 bits per heavy atom. The van der Waals surface area contributed by atoms with Gasteiger partial charge in [-0.2, -0.15) is 0 Å². The van der Waals surface area contributed by atoms with Crippen molar-refractivity contribution in [3.8, 4) is 22.6 Å². The van der Waals surface area contributed by atoms with E-state index in [2.05, 4.69) is 13.8 Å². The number of rotatable bonds is 28. The number of nitrogens with zero attached hydrogens (tertiary/aromatic N) is 1. The summed E-state index contributed by atoms with van der Waals surface area (Å²) < 4.78 is 11.5. The largest absolute Gasteiger partial charge is 0.494 e. The van der Waals surface area contributed by atoms with E-state index in [1.54, 1.807) is 36.4 Å². The Labute approximate surface area is 314 Å². The molecule has 0 saturated carbocycles. The monoisotopic (exact) mass is 717 g/mol. The molecule has 0 heterocycles. The molecule has 7 nitrogen and oxygen atoms in total. The van der Waals surface area contributed by atoms with E-state index in [9.17, 15) is 14.9 Å². The van der Waals surface area contributed by atoms with Gasteiger partial charge in [0.05, 0.1) is 23.2 Å². The Morgan fingerprint density at radius 2 is 1.15 bits per heavy atom. The minimum atomic E-state index is -0.899. The van der Waals surface area contributed by atoms with Crippen molar-refractivity contribution >= 4 is 11.7 Å². The third-order valence-electron chi connectivity index (χ3n) is 9.42. The average Bonchev–Trinajstić information content (AvgIpc) is 3.15. The molecule has 0 spiro atoms. The molecule has 3 aromatic carbocycles. The van der Waals surface area contributed by atoms with Crippen molar-refractivity contribution in [2.75, 3.05) is 6.61 Å². The third kappa shape index (κ3) is 20.2. The molecule has 0 radical (unpaired) electrons. The lowest BCUT2D eigenvalue weighted by Gasteiger charge is -2.15. The zero-order valence-corrected chi connectivity index (χ0v) is 32.5. The fraction of sp³-hybridized carbons (Fsp3) is 0.578. The van der Waals surface area contributed by atoms with E-state index in [4.69, 9.17) is 14.6 Å². The fourth-order valence-electron chi connectivity index (χ4n) is 6.24. The quantitative estimate of drug-likeness (QED) is 0.0456. The molecule has 0 aliphatic carbocycles. The Kier molecular flexibility index (Phi) is 24.4. The number of aromatic carboxylic acids is 1. The second-order valence-electron chi connectivity index (χ2n) is 14.1. The highest BCUT2D eigenvalue weighted by molar-refractivity contribution is 5.87. The maximum atomic E-state index is 11.4. The number of carboxylic acids is 1. The van der Waals surface area contributed by atoms with Gasteiger partial charge in [0.25, 0.3) is 0 Å². The molecular formula is C45H67NO6. The van der Waals surface area contributed by atoms with Crippen LogP contribution in [0.5, 0.6) is 11.5 Å². The predicted octanol–water partition coefficient (Wildman–Crippen LogP) is 14.0. The molecule has 0 unspecified atom stereocenters. The van der Waals surface area contributed by atoms with Crippen LogP contribution in [0.25, 0.3) is 11.1 Å². The van der Waals surface area contributed by atoms with Crippen LogP contribution in [0.15, 0.2) is 72.8 Å². The SMILES string of the molecule is CCCCCCCCCCCCCCCCCCOc1ccc(C(=O)O)cc1.CCCCCC[C@H](C)Oc1ccc(-c2ccccc2)cc1[N+](=O)[O-]. The smallest absolute Gasteiger partial charge is 0.335 e. The number of benzene rings is 3. The van der Waals surface area contributed by atoms with Gasteiger partial charge in [-0.1, -0.05) is 166 Å². The van der Waals surface area contributed by atoms with Crippen LogP contribution in [-0.2, 0) is 0 Å². The highest BCUT2D eigenvalue weighted by Gasteiger charge is 2.18. The van der Waals surface area contributed by atoms with Gasteiger partial charge in [-0.25, -0.2) is 4.79 Å². The van der Waals surface area contributed by atoms with E-state index in [1.807, 2.05) is 43.3 Å². The van der Waals surface area contributed by atoms with Crippen LogP contribution in [0.3, 0.4) is 0 Å². The molecule has 0 aliphatic rings. The molecule has 0 saturated heterocycles. The normalized spacial score (nSPS) is 11.4. The van der Waals surface area contributed by atoms with Crippen LogP contribution in [0.4, 0.5) is 5.69 Å². The van der Waals surface area contributed by atoms with Crippen molar-refractivity contribution in [2.24, 2.45) is 0 Å². The number of ether oxygens (including phenoxy) is 2. The van der Waals surface area contributed by atoms with E-state index in [-0.39, 0.29) is 16.7 Å². The molecule has 0 aromatic heterocycles. The first kappa shape index (κ1) is 44.3. The number of unbranched alkanes of at least 4 members (excludes halogenated alkanes) is 18. The Balaban J connectivity index is 0.000000364. The summed E-state index contributed by atoms with van der Waals surface area (Å²) in [5.41, 5.74) is 2.11. The van der Waals surface area contributed by atoms with Crippen LogP contribution in [0, 0.1) is 10.1 Å². The summed E-state index contributed by atoms with van der Waals surface area (Å²) in [7, 11) is 0. The van der Waals surface area contributed by atoms with Crippen molar-refractivity contribution in [1.29, 1.82) is 0 Å². The van der Waals surface area contributed by atoms with E-state index >= 15 is 0 Å². The molecule has 0 fully saturated rings. The van der Waals surface area contributed by atoms with E-state index in [0.717, 1.165) is 36.1 Å². The second kappa shape index (κ2) is 28.7. The number of carboxylic acid groups (broad SMARTS) is 1. The average molecular weight is 718 g/mol. The molecule has 52 heavy (non-hydrogen) atoms. The van der Waals surface area contributed by atoms with Crippen LogP contribution in [0.1, 0.15) is 166 Å². The maximum absolute atomic E-state index is 11.4. The van der Waals surface area contributed by atoms with Crippen LogP contribution >= 0.6 is 0 Å². The summed E-state index contributed by atoms with van der Waals surface area (Å²) in [5.74, 6) is 0.206. The van der Waals surface area contributed by atoms with Gasteiger partial charge in [0.1, 0.15) is 5.75 Å². The number of hydrogen-bond acceptors (Lipinski definition) is 5. The Bertz CT molecular complexity index is 1340. The standard InChI is InChI=1S/C25H42O3.C20H25NO3/c1-2-3-4-5-6-7-8-9-10-11-12-13-14-15-16-17-22-28-24-20-18-23(19-21-24)25(26)27;1-3-4-5-7-10-16(2)24-20-14-13-18(15-19(20)21(22)23)17-11-8-6-9-12-17/h18-21H,2-17,22H2,1H3,(H,26,27);6,8-9,11-16H,3-5,7,10H2,1-2H3/t;16-/m.0/s1.